The van der Waals surface area contributed by atoms with Crippen LogP contribution in [0.2, 0.25) is 0 Å². The van der Waals surface area contributed by atoms with Gasteiger partial charge < -0.3 is 8.94 Å². The van der Waals surface area contributed by atoms with Crippen molar-refractivity contribution in [2.75, 3.05) is 0 Å². The van der Waals surface area contributed by atoms with Crippen molar-refractivity contribution in [3.63, 3.8) is 0 Å². The first kappa shape index (κ1) is 15.4. The Hall–Kier alpha value is -2.45. The first-order chi connectivity index (χ1) is 11.0. The first-order valence-corrected chi connectivity index (χ1v) is 8.37. The van der Waals surface area contributed by atoms with Crippen LogP contribution in [0, 0.1) is 13.8 Å². The number of benzene rings is 1. The SMILES string of the molecule is Cc1noc(-c2ccc(C)c(S(=O)(=O)NCc3ccco3)c2)n1. The minimum Gasteiger partial charge on any atom is -0.468 e. The zero-order chi connectivity index (χ0) is 16.4. The summed E-state index contributed by atoms with van der Waals surface area (Å²) < 4.78 is 37.8. The van der Waals surface area contributed by atoms with E-state index in [1.807, 2.05) is 0 Å². The lowest BCUT2D eigenvalue weighted by molar-refractivity contribution is 0.425. The molecule has 0 aliphatic carbocycles. The minimum absolute atomic E-state index is 0.0820. The van der Waals surface area contributed by atoms with E-state index in [0.717, 1.165) is 0 Å². The van der Waals surface area contributed by atoms with E-state index < -0.39 is 10.0 Å². The van der Waals surface area contributed by atoms with E-state index in [0.29, 0.717) is 22.7 Å². The first-order valence-electron chi connectivity index (χ1n) is 6.89. The Labute approximate surface area is 133 Å². The number of aryl methyl sites for hydroxylation is 2. The molecule has 0 aliphatic rings. The zero-order valence-electron chi connectivity index (χ0n) is 12.6. The van der Waals surface area contributed by atoms with Crippen LogP contribution in [0.4, 0.5) is 0 Å². The second-order valence-corrected chi connectivity index (χ2v) is 6.77. The molecule has 0 saturated heterocycles. The van der Waals surface area contributed by atoms with Gasteiger partial charge in [0.25, 0.3) is 5.89 Å². The van der Waals surface area contributed by atoms with E-state index in [4.69, 9.17) is 8.94 Å². The van der Waals surface area contributed by atoms with E-state index in [1.54, 1.807) is 38.1 Å². The zero-order valence-corrected chi connectivity index (χ0v) is 13.4. The molecule has 2 heterocycles. The normalized spacial score (nSPS) is 11.7. The fourth-order valence-corrected chi connectivity index (χ4v) is 3.36. The van der Waals surface area contributed by atoms with Gasteiger partial charge in [-0.1, -0.05) is 11.2 Å². The molecule has 0 amide bonds. The Balaban J connectivity index is 1.91. The standard InChI is InChI=1S/C15H15N3O4S/c1-10-5-6-12(15-17-11(2)18-22-15)8-14(10)23(19,20)16-9-13-4-3-7-21-13/h3-8,16H,9H2,1-2H3. The predicted molar refractivity (Wildman–Crippen MR) is 81.9 cm³/mol. The van der Waals surface area contributed by atoms with E-state index in [1.165, 1.54) is 12.3 Å². The van der Waals surface area contributed by atoms with Crippen LogP contribution in [0.1, 0.15) is 17.1 Å². The van der Waals surface area contributed by atoms with Crippen molar-refractivity contribution in [3.8, 4) is 11.5 Å². The van der Waals surface area contributed by atoms with Gasteiger partial charge in [-0.05, 0) is 43.7 Å². The van der Waals surface area contributed by atoms with Gasteiger partial charge in [0.15, 0.2) is 5.82 Å². The molecule has 1 aromatic carbocycles. The second-order valence-electron chi connectivity index (χ2n) is 5.03. The maximum atomic E-state index is 12.5. The second kappa shape index (κ2) is 5.98. The topological polar surface area (TPSA) is 98.2 Å². The van der Waals surface area contributed by atoms with Crippen LogP contribution < -0.4 is 4.72 Å². The molecule has 0 radical (unpaired) electrons. The number of aromatic nitrogens is 2. The number of nitrogens with one attached hydrogen (secondary N) is 1. The molecule has 2 aromatic heterocycles. The number of rotatable bonds is 5. The maximum absolute atomic E-state index is 12.5. The minimum atomic E-state index is -3.69. The molecule has 120 valence electrons. The van der Waals surface area contributed by atoms with Gasteiger partial charge in [-0.25, -0.2) is 13.1 Å². The third-order valence-corrected chi connectivity index (χ3v) is 4.81. The fourth-order valence-electron chi connectivity index (χ4n) is 2.09. The highest BCUT2D eigenvalue weighted by atomic mass is 32.2. The van der Waals surface area contributed by atoms with Gasteiger partial charge in [0.2, 0.25) is 10.0 Å². The lowest BCUT2D eigenvalue weighted by Crippen LogP contribution is -2.23. The van der Waals surface area contributed by atoms with Crippen LogP contribution in [0.15, 0.2) is 50.4 Å². The molecule has 0 saturated carbocycles. The van der Waals surface area contributed by atoms with Crippen molar-refractivity contribution in [2.24, 2.45) is 0 Å². The molecule has 0 bridgehead atoms. The monoisotopic (exact) mass is 333 g/mol. The van der Waals surface area contributed by atoms with Crippen LogP contribution in [-0.4, -0.2) is 18.6 Å². The average Bonchev–Trinajstić information content (AvgIpc) is 3.17. The largest absolute Gasteiger partial charge is 0.468 e. The van der Waals surface area contributed by atoms with E-state index in [-0.39, 0.29) is 17.3 Å². The highest BCUT2D eigenvalue weighted by Gasteiger charge is 2.19. The average molecular weight is 333 g/mol. The summed E-state index contributed by atoms with van der Waals surface area (Å²) in [5, 5.41) is 3.71. The number of sulfonamides is 1. The fraction of sp³-hybridized carbons (Fsp3) is 0.200. The van der Waals surface area contributed by atoms with Gasteiger partial charge in [-0.2, -0.15) is 4.98 Å². The van der Waals surface area contributed by atoms with Crippen molar-refractivity contribution in [2.45, 2.75) is 25.3 Å². The summed E-state index contributed by atoms with van der Waals surface area (Å²) in [6.07, 6.45) is 1.49. The third-order valence-electron chi connectivity index (χ3n) is 3.27. The Kier molecular flexibility index (Phi) is 4.01. The van der Waals surface area contributed by atoms with Gasteiger partial charge >= 0.3 is 0 Å². The summed E-state index contributed by atoms with van der Waals surface area (Å²) in [4.78, 5) is 4.28. The van der Waals surface area contributed by atoms with E-state index in [9.17, 15) is 8.42 Å². The Morgan fingerprint density at radius 2 is 2.04 bits per heavy atom. The van der Waals surface area contributed by atoms with Crippen molar-refractivity contribution < 1.29 is 17.4 Å². The smallest absolute Gasteiger partial charge is 0.257 e. The van der Waals surface area contributed by atoms with Crippen molar-refractivity contribution in [3.05, 3.63) is 53.7 Å². The molecule has 7 nitrogen and oxygen atoms in total. The van der Waals surface area contributed by atoms with Gasteiger partial charge in [-0.15, -0.1) is 0 Å². The lowest BCUT2D eigenvalue weighted by Gasteiger charge is -2.09. The molecule has 23 heavy (non-hydrogen) atoms. The molecule has 0 aliphatic heterocycles. The highest BCUT2D eigenvalue weighted by Crippen LogP contribution is 2.24. The quantitative estimate of drug-likeness (QED) is 0.770. The van der Waals surface area contributed by atoms with Gasteiger partial charge in [0, 0.05) is 5.56 Å². The Morgan fingerprint density at radius 1 is 1.22 bits per heavy atom. The molecular weight excluding hydrogens is 318 g/mol. The molecule has 0 unspecified atom stereocenters. The van der Waals surface area contributed by atoms with Gasteiger partial charge in [-0.3, -0.25) is 0 Å². The van der Waals surface area contributed by atoms with E-state index in [2.05, 4.69) is 14.9 Å². The van der Waals surface area contributed by atoms with Crippen molar-refractivity contribution >= 4 is 10.0 Å². The van der Waals surface area contributed by atoms with Crippen molar-refractivity contribution in [1.29, 1.82) is 0 Å². The van der Waals surface area contributed by atoms with Crippen LogP contribution in [0.5, 0.6) is 0 Å². The summed E-state index contributed by atoms with van der Waals surface area (Å²) >= 11 is 0. The summed E-state index contributed by atoms with van der Waals surface area (Å²) in [6, 6.07) is 8.37. The van der Waals surface area contributed by atoms with E-state index >= 15 is 0 Å². The molecule has 3 aromatic rings. The predicted octanol–water partition coefficient (Wildman–Crippen LogP) is 2.42. The molecular formula is C15H15N3O4S. The summed E-state index contributed by atoms with van der Waals surface area (Å²) in [5.41, 5.74) is 1.17. The maximum Gasteiger partial charge on any atom is 0.257 e. The molecule has 0 fully saturated rings. The Morgan fingerprint density at radius 3 is 2.70 bits per heavy atom. The summed E-state index contributed by atoms with van der Waals surface area (Å²) in [6.45, 7) is 3.51. The third kappa shape index (κ3) is 3.33. The highest BCUT2D eigenvalue weighted by molar-refractivity contribution is 7.89. The molecule has 3 rings (SSSR count). The summed E-state index contributed by atoms with van der Waals surface area (Å²) in [7, 11) is -3.69. The number of hydrogen-bond donors (Lipinski definition) is 1. The molecule has 1 N–H and O–H groups in total. The van der Waals surface area contributed by atoms with Crippen LogP contribution in [0.25, 0.3) is 11.5 Å². The van der Waals surface area contributed by atoms with Gasteiger partial charge in [0.1, 0.15) is 5.76 Å². The van der Waals surface area contributed by atoms with Gasteiger partial charge in [0.05, 0.1) is 17.7 Å². The molecule has 0 atom stereocenters. The van der Waals surface area contributed by atoms with Crippen LogP contribution >= 0.6 is 0 Å². The number of furan rings is 1. The van der Waals surface area contributed by atoms with Crippen molar-refractivity contribution in [1.82, 2.24) is 14.9 Å². The van der Waals surface area contributed by atoms with Crippen LogP contribution in [-0.2, 0) is 16.6 Å². The Bertz CT molecular complexity index is 914. The lowest BCUT2D eigenvalue weighted by atomic mass is 10.1. The van der Waals surface area contributed by atoms with Crippen LogP contribution in [0.3, 0.4) is 0 Å². The summed E-state index contributed by atoms with van der Waals surface area (Å²) in [5.74, 6) is 1.31. The molecule has 8 heteroatoms. The number of nitrogens with zero attached hydrogens (tertiary/aromatic N) is 2. The molecule has 0 spiro atoms. The number of hydrogen-bond acceptors (Lipinski definition) is 6.